The minimum atomic E-state index is -0.475. The fourth-order valence-electron chi connectivity index (χ4n) is 5.08. The molecule has 0 unspecified atom stereocenters. The Balaban J connectivity index is 1.28. The molecule has 1 aliphatic carbocycles. The van der Waals surface area contributed by atoms with Crippen molar-refractivity contribution in [3.05, 3.63) is 53.9 Å². The number of hydrogen-bond acceptors (Lipinski definition) is 4. The number of para-hydroxylation sites is 2. The van der Waals surface area contributed by atoms with Gasteiger partial charge in [-0.1, -0.05) is 37.5 Å². The van der Waals surface area contributed by atoms with Gasteiger partial charge in [-0.2, -0.15) is 0 Å². The molecular weight excluding hydrogens is 390 g/mol. The van der Waals surface area contributed by atoms with E-state index in [4.69, 9.17) is 9.47 Å². The molecule has 0 spiro atoms. The minimum absolute atomic E-state index is 0.137. The van der Waals surface area contributed by atoms with Crippen molar-refractivity contribution in [1.82, 2.24) is 14.9 Å². The summed E-state index contributed by atoms with van der Waals surface area (Å²) in [4.78, 5) is 18.1. The quantitative estimate of drug-likeness (QED) is 0.598. The fourth-order valence-corrected chi connectivity index (χ4v) is 5.08. The first-order valence-corrected chi connectivity index (χ1v) is 11.3. The Hall–Kier alpha value is -3.02. The first-order valence-electron chi connectivity index (χ1n) is 11.3. The molecule has 2 aromatic carbocycles. The second-order valence-corrected chi connectivity index (χ2v) is 8.62. The van der Waals surface area contributed by atoms with Crippen LogP contribution in [0.4, 0.5) is 0 Å². The Morgan fingerprint density at radius 3 is 2.77 bits per heavy atom. The number of nitrogens with one attached hydrogen (secondary N) is 1. The van der Waals surface area contributed by atoms with E-state index >= 15 is 0 Å². The first-order chi connectivity index (χ1) is 15.2. The highest BCUT2D eigenvalue weighted by Gasteiger charge is 2.41. The first kappa shape index (κ1) is 19.9. The average Bonchev–Trinajstić information content (AvgIpc) is 3.40. The number of aryl methyl sites for hydroxylation is 2. The third kappa shape index (κ3) is 3.64. The second kappa shape index (κ2) is 8.25. The second-order valence-electron chi connectivity index (χ2n) is 8.62. The van der Waals surface area contributed by atoms with Gasteiger partial charge in [0.2, 0.25) is 12.7 Å². The Bertz CT molecular complexity index is 1100. The topological polar surface area (TPSA) is 65.4 Å². The molecule has 1 amide bonds. The van der Waals surface area contributed by atoms with Crippen molar-refractivity contribution in [3.8, 4) is 11.5 Å². The van der Waals surface area contributed by atoms with Crippen LogP contribution in [-0.4, -0.2) is 28.8 Å². The van der Waals surface area contributed by atoms with Crippen molar-refractivity contribution in [2.24, 2.45) is 0 Å². The zero-order valence-electron chi connectivity index (χ0n) is 18.0. The van der Waals surface area contributed by atoms with E-state index in [2.05, 4.69) is 20.9 Å². The van der Waals surface area contributed by atoms with Crippen molar-refractivity contribution in [1.29, 1.82) is 0 Å². The van der Waals surface area contributed by atoms with Gasteiger partial charge < -0.3 is 19.4 Å². The van der Waals surface area contributed by atoms with Crippen LogP contribution in [0.3, 0.4) is 0 Å². The third-order valence-corrected chi connectivity index (χ3v) is 6.76. The van der Waals surface area contributed by atoms with E-state index in [1.165, 1.54) is 6.42 Å². The van der Waals surface area contributed by atoms with Gasteiger partial charge in [-0.05, 0) is 56.0 Å². The predicted octanol–water partition coefficient (Wildman–Crippen LogP) is 4.48. The monoisotopic (exact) mass is 419 g/mol. The smallest absolute Gasteiger partial charge is 0.231 e. The maximum Gasteiger partial charge on any atom is 0.231 e. The molecule has 1 saturated carbocycles. The molecular formula is C25H29N3O3. The molecule has 3 aromatic rings. The van der Waals surface area contributed by atoms with Crippen LogP contribution < -0.4 is 14.8 Å². The number of fused-ring (bicyclic) bond motifs is 2. The Morgan fingerprint density at radius 2 is 1.90 bits per heavy atom. The molecule has 6 nitrogen and oxygen atoms in total. The van der Waals surface area contributed by atoms with Crippen molar-refractivity contribution >= 4 is 16.9 Å². The molecule has 1 N–H and O–H groups in total. The normalized spacial score (nSPS) is 17.1. The molecule has 162 valence electrons. The summed E-state index contributed by atoms with van der Waals surface area (Å²) in [6, 6.07) is 14.2. The van der Waals surface area contributed by atoms with Crippen LogP contribution >= 0.6 is 0 Å². The highest BCUT2D eigenvalue weighted by Crippen LogP contribution is 2.43. The van der Waals surface area contributed by atoms with Gasteiger partial charge in [-0.15, -0.1) is 0 Å². The molecule has 0 saturated heterocycles. The molecule has 31 heavy (non-hydrogen) atoms. The van der Waals surface area contributed by atoms with Gasteiger partial charge in [0, 0.05) is 13.1 Å². The molecule has 0 bridgehead atoms. The molecule has 0 atom stereocenters. The highest BCUT2D eigenvalue weighted by molar-refractivity contribution is 5.88. The zero-order valence-corrected chi connectivity index (χ0v) is 18.0. The maximum atomic E-state index is 13.5. The lowest BCUT2D eigenvalue weighted by Crippen LogP contribution is -2.46. The number of hydrogen-bond donors (Lipinski definition) is 1. The largest absolute Gasteiger partial charge is 0.454 e. The number of imidazole rings is 1. The third-order valence-electron chi connectivity index (χ3n) is 6.76. The van der Waals surface area contributed by atoms with Crippen LogP contribution in [-0.2, 0) is 16.8 Å². The summed E-state index contributed by atoms with van der Waals surface area (Å²) in [6.07, 6.45) is 5.95. The lowest BCUT2D eigenvalue weighted by molar-refractivity contribution is -0.128. The molecule has 2 aliphatic rings. The number of ether oxygens (including phenoxy) is 2. The van der Waals surface area contributed by atoms with Crippen molar-refractivity contribution in [2.45, 2.75) is 57.4 Å². The fraction of sp³-hybridized carbons (Fsp3) is 0.440. The summed E-state index contributed by atoms with van der Waals surface area (Å²) >= 11 is 0. The van der Waals surface area contributed by atoms with Crippen LogP contribution in [0.1, 0.15) is 49.9 Å². The summed E-state index contributed by atoms with van der Waals surface area (Å²) in [5, 5.41) is 3.24. The lowest BCUT2D eigenvalue weighted by Gasteiger charge is -2.36. The van der Waals surface area contributed by atoms with Gasteiger partial charge in [0.25, 0.3) is 0 Å². The molecule has 1 aromatic heterocycles. The zero-order chi connectivity index (χ0) is 21.3. The SMILES string of the molecule is Cc1nc2ccccc2n1CCCNC(=O)C1(c2ccc3c(c2)OCO3)CCCCC1. The van der Waals surface area contributed by atoms with E-state index in [9.17, 15) is 4.79 Å². The van der Waals surface area contributed by atoms with E-state index in [0.29, 0.717) is 6.54 Å². The summed E-state index contributed by atoms with van der Waals surface area (Å²) in [7, 11) is 0. The van der Waals surface area contributed by atoms with Gasteiger partial charge in [0.1, 0.15) is 5.82 Å². The van der Waals surface area contributed by atoms with E-state index in [-0.39, 0.29) is 12.7 Å². The summed E-state index contributed by atoms with van der Waals surface area (Å²) in [5.74, 6) is 2.66. The van der Waals surface area contributed by atoms with E-state index in [1.54, 1.807) is 0 Å². The van der Waals surface area contributed by atoms with Crippen LogP contribution in [0.25, 0.3) is 11.0 Å². The Morgan fingerprint density at radius 1 is 1.10 bits per heavy atom. The summed E-state index contributed by atoms with van der Waals surface area (Å²) in [6.45, 7) is 3.77. The van der Waals surface area contributed by atoms with Gasteiger partial charge in [-0.25, -0.2) is 4.98 Å². The summed E-state index contributed by atoms with van der Waals surface area (Å²) < 4.78 is 13.3. The van der Waals surface area contributed by atoms with Crippen molar-refractivity contribution in [3.63, 3.8) is 0 Å². The molecule has 1 fully saturated rings. The van der Waals surface area contributed by atoms with Crippen molar-refractivity contribution in [2.75, 3.05) is 13.3 Å². The number of carbonyl (C=O) groups excluding carboxylic acids is 1. The Kier molecular flexibility index (Phi) is 5.30. The molecule has 1 aliphatic heterocycles. The maximum absolute atomic E-state index is 13.5. The number of nitrogens with zero attached hydrogens (tertiary/aromatic N) is 2. The predicted molar refractivity (Wildman–Crippen MR) is 119 cm³/mol. The van der Waals surface area contributed by atoms with Gasteiger partial charge in [-0.3, -0.25) is 4.79 Å². The molecule has 0 radical (unpaired) electrons. The van der Waals surface area contributed by atoms with E-state index < -0.39 is 5.41 Å². The van der Waals surface area contributed by atoms with E-state index in [0.717, 1.165) is 72.6 Å². The molecule has 6 heteroatoms. The van der Waals surface area contributed by atoms with Crippen LogP contribution in [0.5, 0.6) is 11.5 Å². The number of benzene rings is 2. The number of amides is 1. The summed E-state index contributed by atoms with van der Waals surface area (Å²) in [5.41, 5.74) is 2.74. The lowest BCUT2D eigenvalue weighted by atomic mass is 9.68. The molecule has 5 rings (SSSR count). The average molecular weight is 420 g/mol. The number of rotatable bonds is 6. The van der Waals surface area contributed by atoms with Crippen molar-refractivity contribution < 1.29 is 14.3 Å². The Labute approximate surface area is 182 Å². The van der Waals surface area contributed by atoms with Crippen LogP contribution in [0.2, 0.25) is 0 Å². The van der Waals surface area contributed by atoms with Gasteiger partial charge in [0.05, 0.1) is 16.4 Å². The minimum Gasteiger partial charge on any atom is -0.454 e. The highest BCUT2D eigenvalue weighted by atomic mass is 16.7. The van der Waals surface area contributed by atoms with E-state index in [1.807, 2.05) is 43.3 Å². The van der Waals surface area contributed by atoms with Gasteiger partial charge >= 0.3 is 0 Å². The number of carbonyl (C=O) groups is 1. The molecule has 2 heterocycles. The number of aromatic nitrogens is 2. The van der Waals surface area contributed by atoms with Crippen LogP contribution in [0, 0.1) is 6.92 Å². The standard InChI is InChI=1S/C25H29N3O3/c1-18-27-20-8-3-4-9-21(20)28(18)15-7-14-26-24(29)25(12-5-2-6-13-25)19-10-11-22-23(16-19)31-17-30-22/h3-4,8-11,16H,2,5-7,12-15,17H2,1H3,(H,26,29). The van der Waals surface area contributed by atoms with Gasteiger partial charge in [0.15, 0.2) is 11.5 Å². The van der Waals surface area contributed by atoms with Crippen LogP contribution in [0.15, 0.2) is 42.5 Å².